The number of rotatable bonds is 5. The molecule has 24 heavy (non-hydrogen) atoms. The van der Waals surface area contributed by atoms with Gasteiger partial charge in [0, 0.05) is 12.4 Å². The van der Waals surface area contributed by atoms with Crippen molar-refractivity contribution in [3.05, 3.63) is 86.8 Å². The Labute approximate surface area is 135 Å². The van der Waals surface area contributed by atoms with Crippen LogP contribution >= 0.6 is 0 Å². The number of aromatic nitrogens is 3. The van der Waals surface area contributed by atoms with Gasteiger partial charge in [-0.15, -0.1) is 0 Å². The van der Waals surface area contributed by atoms with E-state index in [-0.39, 0.29) is 18.7 Å². The Morgan fingerprint density at radius 1 is 1.25 bits per heavy atom. The van der Waals surface area contributed by atoms with Crippen molar-refractivity contribution in [1.29, 1.82) is 0 Å². The van der Waals surface area contributed by atoms with Crippen molar-refractivity contribution in [2.45, 2.75) is 13.1 Å². The summed E-state index contributed by atoms with van der Waals surface area (Å²) in [5.41, 5.74) is -0.797. The van der Waals surface area contributed by atoms with Crippen LogP contribution < -0.4 is 16.6 Å². The fourth-order valence-corrected chi connectivity index (χ4v) is 2.14. The van der Waals surface area contributed by atoms with Crippen LogP contribution in [0, 0.1) is 0 Å². The van der Waals surface area contributed by atoms with Gasteiger partial charge in [0.05, 0.1) is 25.0 Å². The van der Waals surface area contributed by atoms with Gasteiger partial charge in [-0.05, 0) is 24.3 Å². The highest BCUT2D eigenvalue weighted by atomic mass is 16.3. The lowest BCUT2D eigenvalue weighted by atomic mass is 10.3. The molecule has 0 unspecified atom stereocenters. The Morgan fingerprint density at radius 2 is 2.12 bits per heavy atom. The number of furan rings is 1. The third-order valence-corrected chi connectivity index (χ3v) is 3.36. The molecule has 3 heterocycles. The molecule has 2 N–H and O–H groups in total. The third-order valence-electron chi connectivity index (χ3n) is 3.36. The molecule has 0 saturated carbocycles. The SMILES string of the molecule is O=C(NCc1ccccn1)c1c[nH]c(=O)n(Cc2ccco2)c1=O. The molecular weight excluding hydrogens is 312 g/mol. The van der Waals surface area contributed by atoms with Crippen LogP contribution in [0.25, 0.3) is 0 Å². The highest BCUT2D eigenvalue weighted by Gasteiger charge is 2.15. The number of aromatic amines is 1. The molecule has 122 valence electrons. The molecule has 0 bridgehead atoms. The largest absolute Gasteiger partial charge is 0.467 e. The molecule has 0 atom stereocenters. The lowest BCUT2D eigenvalue weighted by molar-refractivity contribution is 0.0947. The summed E-state index contributed by atoms with van der Waals surface area (Å²) < 4.78 is 6.04. The van der Waals surface area contributed by atoms with E-state index in [4.69, 9.17) is 4.42 Å². The molecule has 3 aromatic rings. The van der Waals surface area contributed by atoms with Crippen molar-refractivity contribution < 1.29 is 9.21 Å². The minimum atomic E-state index is -0.686. The maximum Gasteiger partial charge on any atom is 0.328 e. The van der Waals surface area contributed by atoms with Gasteiger partial charge in [-0.2, -0.15) is 0 Å². The van der Waals surface area contributed by atoms with Gasteiger partial charge in [0.1, 0.15) is 11.3 Å². The number of carbonyl (C=O) groups excluding carboxylic acids is 1. The van der Waals surface area contributed by atoms with Crippen LogP contribution in [0.5, 0.6) is 0 Å². The topological polar surface area (TPSA) is 110 Å². The van der Waals surface area contributed by atoms with E-state index >= 15 is 0 Å². The number of amides is 1. The van der Waals surface area contributed by atoms with E-state index in [1.165, 1.54) is 6.26 Å². The first-order valence-electron chi connectivity index (χ1n) is 7.18. The lowest BCUT2D eigenvalue weighted by Gasteiger charge is -2.07. The Balaban J connectivity index is 1.81. The lowest BCUT2D eigenvalue weighted by Crippen LogP contribution is -2.40. The zero-order chi connectivity index (χ0) is 16.9. The Morgan fingerprint density at radius 3 is 2.83 bits per heavy atom. The van der Waals surface area contributed by atoms with E-state index in [0.29, 0.717) is 11.5 Å². The van der Waals surface area contributed by atoms with E-state index in [1.807, 2.05) is 0 Å². The molecular formula is C16H14N4O4. The predicted molar refractivity (Wildman–Crippen MR) is 84.5 cm³/mol. The van der Waals surface area contributed by atoms with Crippen molar-refractivity contribution in [3.8, 4) is 0 Å². The second kappa shape index (κ2) is 6.78. The highest BCUT2D eigenvalue weighted by Crippen LogP contribution is 2.00. The molecule has 0 fully saturated rings. The molecule has 0 aromatic carbocycles. The van der Waals surface area contributed by atoms with Gasteiger partial charge in [-0.3, -0.25) is 19.1 Å². The second-order valence-electron chi connectivity index (χ2n) is 4.98. The van der Waals surface area contributed by atoms with Gasteiger partial charge in [-0.25, -0.2) is 4.79 Å². The first-order valence-corrected chi connectivity index (χ1v) is 7.18. The van der Waals surface area contributed by atoms with Gasteiger partial charge in [-0.1, -0.05) is 6.07 Å². The second-order valence-corrected chi connectivity index (χ2v) is 4.98. The van der Waals surface area contributed by atoms with E-state index in [9.17, 15) is 14.4 Å². The summed E-state index contributed by atoms with van der Waals surface area (Å²) in [7, 11) is 0. The average Bonchev–Trinajstić information content (AvgIpc) is 3.11. The minimum absolute atomic E-state index is 0.0530. The first-order chi connectivity index (χ1) is 11.6. The van der Waals surface area contributed by atoms with Crippen LogP contribution in [0.4, 0.5) is 0 Å². The van der Waals surface area contributed by atoms with E-state index in [2.05, 4.69) is 15.3 Å². The summed E-state index contributed by atoms with van der Waals surface area (Å²) >= 11 is 0. The number of hydrogen-bond donors (Lipinski definition) is 2. The average molecular weight is 326 g/mol. The molecule has 0 spiro atoms. The summed E-state index contributed by atoms with van der Waals surface area (Å²) in [5, 5.41) is 2.60. The van der Waals surface area contributed by atoms with Crippen molar-refractivity contribution in [2.75, 3.05) is 0 Å². The molecule has 0 aliphatic carbocycles. The molecule has 1 amide bonds. The van der Waals surface area contributed by atoms with Crippen molar-refractivity contribution in [3.63, 3.8) is 0 Å². The predicted octanol–water partition coefficient (Wildman–Crippen LogP) is 0.503. The molecule has 0 saturated heterocycles. The zero-order valence-electron chi connectivity index (χ0n) is 12.6. The maximum atomic E-state index is 12.4. The fourth-order valence-electron chi connectivity index (χ4n) is 2.14. The Hall–Kier alpha value is -3.42. The number of pyridine rings is 1. The summed E-state index contributed by atoms with van der Waals surface area (Å²) in [4.78, 5) is 42.9. The van der Waals surface area contributed by atoms with Gasteiger partial charge in [0.2, 0.25) is 0 Å². The van der Waals surface area contributed by atoms with E-state index in [0.717, 1.165) is 10.8 Å². The monoisotopic (exact) mass is 326 g/mol. The van der Waals surface area contributed by atoms with Gasteiger partial charge in [0.25, 0.3) is 11.5 Å². The smallest absolute Gasteiger partial charge is 0.328 e. The maximum absolute atomic E-state index is 12.4. The van der Waals surface area contributed by atoms with Gasteiger partial charge >= 0.3 is 5.69 Å². The summed E-state index contributed by atoms with van der Waals surface area (Å²) in [6.07, 6.45) is 4.16. The molecule has 0 aliphatic rings. The van der Waals surface area contributed by atoms with Crippen LogP contribution in [0.1, 0.15) is 21.8 Å². The highest BCUT2D eigenvalue weighted by molar-refractivity contribution is 5.93. The molecule has 3 aromatic heterocycles. The standard InChI is InChI=1S/C16H14N4O4/c21-14(18-8-11-4-1-2-6-17-11)13-9-19-16(23)20(15(13)22)10-12-5-3-7-24-12/h1-7,9H,8,10H2,(H,18,21)(H,19,23). The Kier molecular flexibility index (Phi) is 4.37. The van der Waals surface area contributed by atoms with Crippen molar-refractivity contribution >= 4 is 5.91 Å². The molecule has 8 nitrogen and oxygen atoms in total. The molecule has 8 heteroatoms. The van der Waals surface area contributed by atoms with E-state index in [1.54, 1.807) is 36.5 Å². The molecule has 3 rings (SSSR count). The van der Waals surface area contributed by atoms with E-state index < -0.39 is 17.2 Å². The quantitative estimate of drug-likeness (QED) is 0.709. The summed E-state index contributed by atoms with van der Waals surface area (Å²) in [6.45, 7) is 0.124. The number of hydrogen-bond acceptors (Lipinski definition) is 5. The normalized spacial score (nSPS) is 10.5. The van der Waals surface area contributed by atoms with Crippen LogP contribution in [0.2, 0.25) is 0 Å². The minimum Gasteiger partial charge on any atom is -0.467 e. The zero-order valence-corrected chi connectivity index (χ0v) is 12.6. The van der Waals surface area contributed by atoms with Crippen LogP contribution in [-0.4, -0.2) is 20.4 Å². The fraction of sp³-hybridized carbons (Fsp3) is 0.125. The van der Waals surface area contributed by atoms with Gasteiger partial charge < -0.3 is 14.7 Å². The number of nitrogens with zero attached hydrogens (tertiary/aromatic N) is 2. The third kappa shape index (κ3) is 3.32. The number of H-pyrrole nitrogens is 1. The molecule has 0 aliphatic heterocycles. The van der Waals surface area contributed by atoms with Crippen LogP contribution in [0.3, 0.4) is 0 Å². The van der Waals surface area contributed by atoms with Crippen molar-refractivity contribution in [2.24, 2.45) is 0 Å². The van der Waals surface area contributed by atoms with Gasteiger partial charge in [0.15, 0.2) is 0 Å². The Bertz CT molecular complexity index is 942. The summed E-state index contributed by atoms with van der Waals surface area (Å²) in [6, 6.07) is 8.60. The number of carbonyl (C=O) groups is 1. The number of nitrogens with one attached hydrogen (secondary N) is 2. The first kappa shape index (κ1) is 15.5. The summed E-state index contributed by atoms with van der Waals surface area (Å²) in [5.74, 6) is -0.149. The van der Waals surface area contributed by atoms with Crippen molar-refractivity contribution in [1.82, 2.24) is 19.9 Å². The van der Waals surface area contributed by atoms with Crippen LogP contribution in [-0.2, 0) is 13.1 Å². The van der Waals surface area contributed by atoms with Crippen LogP contribution in [0.15, 0.2) is 63.0 Å². The molecule has 0 radical (unpaired) electrons.